The highest BCUT2D eigenvalue weighted by atomic mass is 16.3. The second-order valence-electron chi connectivity index (χ2n) is 4.24. The lowest BCUT2D eigenvalue weighted by Crippen LogP contribution is -2.44. The van der Waals surface area contributed by atoms with E-state index in [0.717, 1.165) is 25.9 Å². The molecule has 0 spiro atoms. The van der Waals surface area contributed by atoms with E-state index in [2.05, 4.69) is 0 Å². The van der Waals surface area contributed by atoms with E-state index in [1.165, 1.54) is 0 Å². The molecule has 2 amide bonds. The largest absolute Gasteiger partial charge is 0.391 e. The predicted molar refractivity (Wildman–Crippen MR) is 59.7 cm³/mol. The molecule has 1 aliphatic rings. The lowest BCUT2D eigenvalue weighted by Gasteiger charge is -2.27. The second-order valence-corrected chi connectivity index (χ2v) is 4.24. The maximum Gasteiger partial charge on any atom is 0.319 e. The van der Waals surface area contributed by atoms with E-state index < -0.39 is 0 Å². The van der Waals surface area contributed by atoms with Crippen molar-refractivity contribution in [1.29, 1.82) is 0 Å². The summed E-state index contributed by atoms with van der Waals surface area (Å²) >= 11 is 0. The van der Waals surface area contributed by atoms with Crippen molar-refractivity contribution in [2.24, 2.45) is 5.92 Å². The number of aliphatic hydroxyl groups is 1. The molecular weight excluding hydrogens is 192 g/mol. The first kappa shape index (κ1) is 12.3. The Labute approximate surface area is 91.9 Å². The van der Waals surface area contributed by atoms with E-state index in [9.17, 15) is 9.90 Å². The average molecular weight is 214 g/mol. The summed E-state index contributed by atoms with van der Waals surface area (Å²) in [6.07, 6.45) is 1.87. The normalized spacial score (nSPS) is 17.3. The predicted octanol–water partition coefficient (Wildman–Crippen LogP) is 1.15. The van der Waals surface area contributed by atoms with Gasteiger partial charge in [0.1, 0.15) is 0 Å². The summed E-state index contributed by atoms with van der Waals surface area (Å²) in [5, 5.41) is 9.72. The zero-order valence-electron chi connectivity index (χ0n) is 9.94. The van der Waals surface area contributed by atoms with Gasteiger partial charge in [0.15, 0.2) is 0 Å². The molecule has 0 radical (unpaired) electrons. The van der Waals surface area contributed by atoms with Crippen molar-refractivity contribution in [2.45, 2.75) is 32.8 Å². The fourth-order valence-corrected chi connectivity index (χ4v) is 1.72. The maximum atomic E-state index is 11.8. The van der Waals surface area contributed by atoms with Crippen LogP contribution in [0.2, 0.25) is 0 Å². The molecule has 1 saturated carbocycles. The van der Waals surface area contributed by atoms with E-state index in [-0.39, 0.29) is 12.1 Å². The lowest BCUT2D eigenvalue weighted by atomic mass is 10.2. The minimum Gasteiger partial charge on any atom is -0.391 e. The Morgan fingerprint density at radius 1 is 1.40 bits per heavy atom. The van der Waals surface area contributed by atoms with Crippen LogP contribution >= 0.6 is 0 Å². The van der Waals surface area contributed by atoms with Gasteiger partial charge in [0.2, 0.25) is 0 Å². The number of urea groups is 1. The van der Waals surface area contributed by atoms with Crippen LogP contribution in [0.3, 0.4) is 0 Å². The minimum absolute atomic E-state index is 0.0136. The highest BCUT2D eigenvalue weighted by Gasteiger charge is 2.31. The Kier molecular flexibility index (Phi) is 4.39. The lowest BCUT2D eigenvalue weighted by molar-refractivity contribution is 0.102. The Hall–Kier alpha value is -0.770. The summed E-state index contributed by atoms with van der Waals surface area (Å²) < 4.78 is 0. The SMILES string of the molecule is CCN(CC)C(=O)N(C)CC(O)C1CC1. The monoisotopic (exact) mass is 214 g/mol. The molecule has 15 heavy (non-hydrogen) atoms. The third-order valence-corrected chi connectivity index (χ3v) is 2.99. The van der Waals surface area contributed by atoms with E-state index in [0.29, 0.717) is 12.5 Å². The van der Waals surface area contributed by atoms with Crippen LogP contribution in [0, 0.1) is 5.92 Å². The summed E-state index contributed by atoms with van der Waals surface area (Å²) in [5.74, 6) is 0.428. The van der Waals surface area contributed by atoms with E-state index in [4.69, 9.17) is 0 Å². The molecule has 0 bridgehead atoms. The average Bonchev–Trinajstić information content (AvgIpc) is 3.02. The molecule has 1 aliphatic carbocycles. The van der Waals surface area contributed by atoms with Crippen molar-refractivity contribution < 1.29 is 9.90 Å². The number of nitrogens with zero attached hydrogens (tertiary/aromatic N) is 2. The van der Waals surface area contributed by atoms with Crippen molar-refractivity contribution >= 4 is 6.03 Å². The van der Waals surface area contributed by atoms with Gasteiger partial charge in [-0.15, -0.1) is 0 Å². The fourth-order valence-electron chi connectivity index (χ4n) is 1.72. The number of carbonyl (C=O) groups is 1. The van der Waals surface area contributed by atoms with Crippen LogP contribution in [0.25, 0.3) is 0 Å². The van der Waals surface area contributed by atoms with Gasteiger partial charge in [-0.25, -0.2) is 4.79 Å². The second kappa shape index (κ2) is 5.35. The van der Waals surface area contributed by atoms with Crippen LogP contribution in [-0.4, -0.2) is 53.7 Å². The Morgan fingerprint density at radius 2 is 1.93 bits per heavy atom. The first-order valence-electron chi connectivity index (χ1n) is 5.78. The third-order valence-electron chi connectivity index (χ3n) is 2.99. The van der Waals surface area contributed by atoms with Crippen molar-refractivity contribution in [3.63, 3.8) is 0 Å². The molecule has 0 aromatic heterocycles. The van der Waals surface area contributed by atoms with Crippen molar-refractivity contribution in [2.75, 3.05) is 26.7 Å². The first-order valence-corrected chi connectivity index (χ1v) is 5.78. The summed E-state index contributed by atoms with van der Waals surface area (Å²) in [6.45, 7) is 5.83. The summed E-state index contributed by atoms with van der Waals surface area (Å²) in [7, 11) is 1.76. The number of likely N-dealkylation sites (N-methyl/N-ethyl adjacent to an activating group) is 1. The molecule has 4 nitrogen and oxygen atoms in total. The molecule has 1 unspecified atom stereocenters. The molecule has 1 N–H and O–H groups in total. The number of aliphatic hydroxyl groups excluding tert-OH is 1. The molecule has 0 aliphatic heterocycles. The van der Waals surface area contributed by atoms with Crippen LogP contribution in [0.4, 0.5) is 4.79 Å². The number of hydrogen-bond acceptors (Lipinski definition) is 2. The molecule has 0 aromatic rings. The van der Waals surface area contributed by atoms with E-state index in [1.807, 2.05) is 13.8 Å². The van der Waals surface area contributed by atoms with Crippen LogP contribution in [0.5, 0.6) is 0 Å². The Bertz CT molecular complexity index is 213. The molecule has 1 fully saturated rings. The summed E-state index contributed by atoms with van der Waals surface area (Å²) in [4.78, 5) is 15.2. The first-order chi connectivity index (χ1) is 7.10. The summed E-state index contributed by atoms with van der Waals surface area (Å²) in [5.41, 5.74) is 0. The molecule has 88 valence electrons. The minimum atomic E-state index is -0.338. The fraction of sp³-hybridized carbons (Fsp3) is 0.909. The highest BCUT2D eigenvalue weighted by molar-refractivity contribution is 5.74. The molecular formula is C11H22N2O2. The van der Waals surface area contributed by atoms with Crippen LogP contribution in [-0.2, 0) is 0 Å². The van der Waals surface area contributed by atoms with Crippen molar-refractivity contribution in [3.8, 4) is 0 Å². The molecule has 4 heteroatoms. The molecule has 0 heterocycles. The van der Waals surface area contributed by atoms with Gasteiger partial charge in [0, 0.05) is 26.7 Å². The number of carbonyl (C=O) groups excluding carboxylic acids is 1. The standard InChI is InChI=1S/C11H22N2O2/c1-4-13(5-2)11(15)12(3)8-10(14)9-6-7-9/h9-10,14H,4-8H2,1-3H3. The Balaban J connectivity index is 2.36. The summed E-state index contributed by atoms with van der Waals surface area (Å²) in [6, 6.07) is 0.0136. The number of rotatable bonds is 5. The smallest absolute Gasteiger partial charge is 0.319 e. The number of hydrogen-bond donors (Lipinski definition) is 1. The van der Waals surface area contributed by atoms with Crippen LogP contribution in [0.15, 0.2) is 0 Å². The topological polar surface area (TPSA) is 43.8 Å². The van der Waals surface area contributed by atoms with Gasteiger partial charge in [0.05, 0.1) is 6.10 Å². The van der Waals surface area contributed by atoms with Gasteiger partial charge in [-0.2, -0.15) is 0 Å². The van der Waals surface area contributed by atoms with Crippen molar-refractivity contribution in [1.82, 2.24) is 9.80 Å². The Morgan fingerprint density at radius 3 is 2.33 bits per heavy atom. The van der Waals surface area contributed by atoms with Gasteiger partial charge >= 0.3 is 6.03 Å². The molecule has 1 atom stereocenters. The van der Waals surface area contributed by atoms with Gasteiger partial charge in [-0.3, -0.25) is 0 Å². The van der Waals surface area contributed by atoms with Gasteiger partial charge in [-0.1, -0.05) is 0 Å². The highest BCUT2D eigenvalue weighted by Crippen LogP contribution is 2.32. The van der Waals surface area contributed by atoms with E-state index in [1.54, 1.807) is 16.8 Å². The zero-order chi connectivity index (χ0) is 11.4. The van der Waals surface area contributed by atoms with Crippen molar-refractivity contribution in [3.05, 3.63) is 0 Å². The van der Waals surface area contributed by atoms with Gasteiger partial charge < -0.3 is 14.9 Å². The van der Waals surface area contributed by atoms with Gasteiger partial charge in [-0.05, 0) is 32.6 Å². The van der Waals surface area contributed by atoms with Crippen LogP contribution in [0.1, 0.15) is 26.7 Å². The maximum absolute atomic E-state index is 11.8. The third kappa shape index (κ3) is 3.38. The molecule has 0 aromatic carbocycles. The zero-order valence-corrected chi connectivity index (χ0v) is 9.94. The molecule has 0 saturated heterocycles. The van der Waals surface area contributed by atoms with Gasteiger partial charge in [0.25, 0.3) is 0 Å². The number of amides is 2. The van der Waals surface area contributed by atoms with Crippen LogP contribution < -0.4 is 0 Å². The quantitative estimate of drug-likeness (QED) is 0.746. The molecule has 1 rings (SSSR count). The van der Waals surface area contributed by atoms with E-state index >= 15 is 0 Å².